The zero-order chi connectivity index (χ0) is 18.3. The Hall–Kier alpha value is -2.92. The van der Waals surface area contributed by atoms with Crippen molar-refractivity contribution in [3.8, 4) is 6.07 Å². The quantitative estimate of drug-likeness (QED) is 0.601. The number of nitriles is 1. The smallest absolute Gasteiger partial charge is 0.303 e. The second-order valence-corrected chi connectivity index (χ2v) is 4.92. The molecule has 1 aromatic rings. The normalized spacial score (nSPS) is 12.2. The van der Waals surface area contributed by atoms with Crippen LogP contribution < -0.4 is 5.32 Å². The molecule has 9 heteroatoms. The van der Waals surface area contributed by atoms with Crippen molar-refractivity contribution in [1.29, 1.82) is 5.26 Å². The minimum Gasteiger partial charge on any atom is -0.448 e. The van der Waals surface area contributed by atoms with Crippen molar-refractivity contribution < 1.29 is 28.7 Å². The fourth-order valence-corrected chi connectivity index (χ4v) is 1.84. The second kappa shape index (κ2) is 8.64. The van der Waals surface area contributed by atoms with Crippen molar-refractivity contribution in [2.75, 3.05) is 5.32 Å². The summed E-state index contributed by atoms with van der Waals surface area (Å²) in [4.78, 5) is 45.9. The Kier molecular flexibility index (Phi) is 6.89. The topological polar surface area (TPSA) is 123 Å². The van der Waals surface area contributed by atoms with E-state index in [1.54, 1.807) is 0 Å². The third-order valence-corrected chi connectivity index (χ3v) is 2.84. The lowest BCUT2D eigenvalue weighted by Crippen LogP contribution is -2.46. The van der Waals surface area contributed by atoms with Gasteiger partial charge in [-0.05, 0) is 35.9 Å². The molecular weight excluding hydrogens is 340 g/mol. The summed E-state index contributed by atoms with van der Waals surface area (Å²) >= 11 is 5.33. The van der Waals surface area contributed by atoms with Crippen LogP contribution in [-0.2, 0) is 28.7 Å². The number of hydrogen-bond acceptors (Lipinski definition) is 7. The molecule has 1 rings (SSSR count). The average molecular weight is 353 g/mol. The molecule has 0 heterocycles. The molecule has 0 saturated carbocycles. The van der Waals surface area contributed by atoms with E-state index in [1.165, 1.54) is 24.3 Å². The Morgan fingerprint density at radius 1 is 1.04 bits per heavy atom. The van der Waals surface area contributed by atoms with E-state index in [-0.39, 0.29) is 5.69 Å². The van der Waals surface area contributed by atoms with Crippen LogP contribution in [0.3, 0.4) is 0 Å². The van der Waals surface area contributed by atoms with E-state index in [4.69, 9.17) is 21.6 Å². The van der Waals surface area contributed by atoms with Gasteiger partial charge in [0.15, 0.2) is 0 Å². The Morgan fingerprint density at radius 3 is 1.96 bits per heavy atom. The zero-order valence-electron chi connectivity index (χ0n) is 12.7. The number of carbonyl (C=O) groups excluding carboxylic acids is 4. The molecule has 0 fully saturated rings. The van der Waals surface area contributed by atoms with Gasteiger partial charge in [0.2, 0.25) is 12.2 Å². The van der Waals surface area contributed by atoms with E-state index < -0.39 is 35.3 Å². The Morgan fingerprint density at radius 2 is 1.54 bits per heavy atom. The van der Waals surface area contributed by atoms with E-state index in [1.807, 2.05) is 6.07 Å². The second-order valence-electron chi connectivity index (χ2n) is 4.54. The molecule has 8 nitrogen and oxygen atoms in total. The molecule has 0 spiro atoms. The van der Waals surface area contributed by atoms with Crippen molar-refractivity contribution in [2.24, 2.45) is 0 Å². The van der Waals surface area contributed by atoms with Crippen molar-refractivity contribution in [2.45, 2.75) is 26.1 Å². The van der Waals surface area contributed by atoms with Gasteiger partial charge >= 0.3 is 11.9 Å². The average Bonchev–Trinajstić information content (AvgIpc) is 2.50. The fourth-order valence-electron chi connectivity index (χ4n) is 1.68. The minimum atomic E-state index is -1.79. The first-order valence-corrected chi connectivity index (χ1v) is 6.97. The van der Waals surface area contributed by atoms with Crippen LogP contribution in [0.2, 0.25) is 0 Å². The van der Waals surface area contributed by atoms with Crippen molar-refractivity contribution in [3.05, 3.63) is 29.8 Å². The third kappa shape index (κ3) is 5.70. The molecule has 0 radical (unpaired) electrons. The zero-order valence-corrected chi connectivity index (χ0v) is 13.5. The lowest BCUT2D eigenvalue weighted by Gasteiger charge is -2.22. The molecule has 126 valence electrons. The number of esters is 2. The number of amides is 1. The van der Waals surface area contributed by atoms with Crippen LogP contribution in [-0.4, -0.2) is 35.3 Å². The summed E-state index contributed by atoms with van der Waals surface area (Å²) in [5, 5.41) is 9.93. The first-order chi connectivity index (χ1) is 11.2. The van der Waals surface area contributed by atoms with E-state index in [9.17, 15) is 19.2 Å². The van der Waals surface area contributed by atoms with Crippen LogP contribution in [0, 0.1) is 11.3 Å². The number of carbonyl (C=O) groups is 4. The molecule has 0 aromatic heterocycles. The van der Waals surface area contributed by atoms with Gasteiger partial charge in [-0.25, -0.2) is 0 Å². The molecule has 0 bridgehead atoms. The maximum atomic E-state index is 12.3. The number of benzene rings is 1. The van der Waals surface area contributed by atoms with Crippen LogP contribution >= 0.6 is 11.6 Å². The number of ether oxygens (including phenoxy) is 2. The van der Waals surface area contributed by atoms with Crippen LogP contribution in [0.4, 0.5) is 5.69 Å². The molecule has 2 atom stereocenters. The van der Waals surface area contributed by atoms with Crippen LogP contribution in [0.15, 0.2) is 24.3 Å². The summed E-state index contributed by atoms with van der Waals surface area (Å²) in [6, 6.07) is 7.68. The molecule has 1 amide bonds. The maximum absolute atomic E-state index is 12.3. The van der Waals surface area contributed by atoms with Gasteiger partial charge in [-0.15, -0.1) is 0 Å². The van der Waals surface area contributed by atoms with Gasteiger partial charge in [0.1, 0.15) is 0 Å². The number of nitrogens with zero attached hydrogens (tertiary/aromatic N) is 1. The van der Waals surface area contributed by atoms with E-state index in [0.29, 0.717) is 5.56 Å². The summed E-state index contributed by atoms with van der Waals surface area (Å²) in [5.41, 5.74) is 0.651. The number of anilines is 1. The van der Waals surface area contributed by atoms with Gasteiger partial charge < -0.3 is 14.8 Å². The molecule has 0 aliphatic rings. The number of hydrogen-bond donors (Lipinski definition) is 1. The predicted molar refractivity (Wildman–Crippen MR) is 81.8 cm³/mol. The fraction of sp³-hybridized carbons (Fsp3) is 0.267. The van der Waals surface area contributed by atoms with Crippen LogP contribution in [0.1, 0.15) is 19.4 Å². The first kappa shape index (κ1) is 19.1. The van der Waals surface area contributed by atoms with Gasteiger partial charge in [0.25, 0.3) is 11.1 Å². The van der Waals surface area contributed by atoms with Crippen LogP contribution in [0.25, 0.3) is 0 Å². The summed E-state index contributed by atoms with van der Waals surface area (Å²) in [6.45, 7) is 2.03. The number of halogens is 1. The largest absolute Gasteiger partial charge is 0.448 e. The highest BCUT2D eigenvalue weighted by Crippen LogP contribution is 2.14. The monoisotopic (exact) mass is 352 g/mol. The summed E-state index contributed by atoms with van der Waals surface area (Å²) in [5.74, 6) is -2.67. The minimum absolute atomic E-state index is 0.278. The Bertz CT molecular complexity index is 695. The molecule has 0 aliphatic carbocycles. The van der Waals surface area contributed by atoms with E-state index in [2.05, 4.69) is 10.1 Å². The third-order valence-electron chi connectivity index (χ3n) is 2.62. The Balaban J connectivity index is 3.01. The predicted octanol–water partition coefficient (Wildman–Crippen LogP) is 1.13. The molecule has 24 heavy (non-hydrogen) atoms. The number of nitrogens with one attached hydrogen (secondary N) is 1. The summed E-state index contributed by atoms with van der Waals surface area (Å²) in [6.07, 6.45) is -3.54. The van der Waals surface area contributed by atoms with Crippen LogP contribution in [0.5, 0.6) is 0 Å². The first-order valence-electron chi connectivity index (χ1n) is 6.59. The maximum Gasteiger partial charge on any atom is 0.303 e. The van der Waals surface area contributed by atoms with Gasteiger partial charge in [-0.1, -0.05) is 0 Å². The van der Waals surface area contributed by atoms with Crippen molar-refractivity contribution in [3.63, 3.8) is 0 Å². The lowest BCUT2D eigenvalue weighted by atomic mass is 10.1. The summed E-state index contributed by atoms with van der Waals surface area (Å²) in [7, 11) is 0. The highest BCUT2D eigenvalue weighted by atomic mass is 35.5. The number of rotatable bonds is 6. The highest BCUT2D eigenvalue weighted by Gasteiger charge is 2.38. The van der Waals surface area contributed by atoms with E-state index in [0.717, 1.165) is 13.8 Å². The van der Waals surface area contributed by atoms with E-state index >= 15 is 0 Å². The van der Waals surface area contributed by atoms with Crippen molar-refractivity contribution >= 4 is 40.4 Å². The van der Waals surface area contributed by atoms with Crippen molar-refractivity contribution in [1.82, 2.24) is 0 Å². The summed E-state index contributed by atoms with van der Waals surface area (Å²) < 4.78 is 9.44. The highest BCUT2D eigenvalue weighted by molar-refractivity contribution is 6.65. The lowest BCUT2D eigenvalue weighted by molar-refractivity contribution is -0.170. The van der Waals surface area contributed by atoms with Gasteiger partial charge in [-0.3, -0.25) is 19.2 Å². The van der Waals surface area contributed by atoms with Gasteiger partial charge in [-0.2, -0.15) is 5.26 Å². The SMILES string of the molecule is CC(=O)O[C@@H](C(=O)Cl)[C@@H](OC(C)=O)C(=O)Nc1ccc(C#N)cc1. The standard InChI is InChI=1S/C15H13ClN2O6/c1-8(19)23-12(14(16)21)13(24-9(2)20)15(22)18-11-5-3-10(7-17)4-6-11/h3-6,12-13H,1-2H3,(H,18,22)/t12-,13-/m1/s1. The Labute approximate surface area is 142 Å². The molecule has 0 aliphatic heterocycles. The molecular formula is C15H13ClN2O6. The van der Waals surface area contributed by atoms with Gasteiger partial charge in [0, 0.05) is 19.5 Å². The molecule has 1 aromatic carbocycles. The molecule has 0 unspecified atom stereocenters. The van der Waals surface area contributed by atoms with Gasteiger partial charge in [0.05, 0.1) is 11.6 Å². The molecule has 0 saturated heterocycles. The molecule has 1 N–H and O–H groups in total.